The van der Waals surface area contributed by atoms with Crippen molar-refractivity contribution in [2.24, 2.45) is 0 Å². The molecular formula is C24H27N5O2. The van der Waals surface area contributed by atoms with Gasteiger partial charge in [-0.05, 0) is 55.8 Å². The molecular weight excluding hydrogens is 390 g/mol. The molecule has 0 fully saturated rings. The summed E-state index contributed by atoms with van der Waals surface area (Å²) in [7, 11) is 1.60. The van der Waals surface area contributed by atoms with Gasteiger partial charge >= 0.3 is 0 Å². The molecule has 0 saturated carbocycles. The lowest BCUT2D eigenvalue weighted by Gasteiger charge is -2.10. The van der Waals surface area contributed by atoms with Gasteiger partial charge in [-0.3, -0.25) is 4.79 Å². The molecule has 2 aromatic carbocycles. The monoisotopic (exact) mass is 417 g/mol. The van der Waals surface area contributed by atoms with Crippen LogP contribution >= 0.6 is 0 Å². The molecule has 2 aromatic heterocycles. The molecule has 2 heterocycles. The summed E-state index contributed by atoms with van der Waals surface area (Å²) in [6.07, 6.45) is 5.97. The van der Waals surface area contributed by atoms with Crippen molar-refractivity contribution >= 4 is 22.6 Å². The number of aromatic nitrogens is 4. The number of carbonyl (C=O) groups excluding carboxylic acids is 1. The summed E-state index contributed by atoms with van der Waals surface area (Å²) in [6, 6.07) is 12.9. The Morgan fingerprint density at radius 3 is 2.65 bits per heavy atom. The number of carbonyl (C=O) groups is 1. The van der Waals surface area contributed by atoms with Gasteiger partial charge in [0.25, 0.3) is 5.91 Å². The highest BCUT2D eigenvalue weighted by atomic mass is 16.5. The molecule has 0 bridgehead atoms. The molecule has 0 radical (unpaired) electrons. The van der Waals surface area contributed by atoms with E-state index in [0.29, 0.717) is 12.1 Å². The van der Waals surface area contributed by atoms with Crippen LogP contribution in [0.3, 0.4) is 0 Å². The van der Waals surface area contributed by atoms with Crippen LogP contribution in [0.4, 0.5) is 5.69 Å². The predicted octanol–water partition coefficient (Wildman–Crippen LogP) is 4.65. The Kier molecular flexibility index (Phi) is 6.02. The molecule has 0 aliphatic carbocycles. The maximum absolute atomic E-state index is 12.6. The third-order valence-electron chi connectivity index (χ3n) is 5.41. The molecule has 31 heavy (non-hydrogen) atoms. The molecule has 0 aliphatic heterocycles. The van der Waals surface area contributed by atoms with Crippen LogP contribution in [0.5, 0.6) is 5.75 Å². The average molecular weight is 418 g/mol. The normalized spacial score (nSPS) is 11.1. The Hall–Kier alpha value is -3.61. The summed E-state index contributed by atoms with van der Waals surface area (Å²) in [6.45, 7) is 5.75. The Morgan fingerprint density at radius 1 is 1.16 bits per heavy atom. The van der Waals surface area contributed by atoms with Crippen molar-refractivity contribution in [2.45, 2.75) is 39.8 Å². The molecule has 1 N–H and O–H groups in total. The minimum absolute atomic E-state index is 0.165. The number of methoxy groups -OCH3 is 1. The first-order chi connectivity index (χ1) is 15.1. The van der Waals surface area contributed by atoms with Gasteiger partial charge in [0.2, 0.25) is 0 Å². The number of fused-ring (bicyclic) bond motifs is 1. The zero-order valence-electron chi connectivity index (χ0n) is 18.1. The number of nitrogens with zero attached hydrogens (tertiary/aromatic N) is 4. The van der Waals surface area contributed by atoms with Gasteiger partial charge in [-0.15, -0.1) is 0 Å². The van der Waals surface area contributed by atoms with E-state index in [4.69, 9.17) is 9.72 Å². The van der Waals surface area contributed by atoms with E-state index in [2.05, 4.69) is 26.4 Å². The van der Waals surface area contributed by atoms with Crippen molar-refractivity contribution in [1.29, 1.82) is 0 Å². The summed E-state index contributed by atoms with van der Waals surface area (Å²) >= 11 is 0. The lowest BCUT2D eigenvalue weighted by molar-refractivity contribution is 0.102. The molecule has 0 atom stereocenters. The van der Waals surface area contributed by atoms with Crippen molar-refractivity contribution in [2.75, 3.05) is 12.4 Å². The first-order valence-corrected chi connectivity index (χ1v) is 10.5. The summed E-state index contributed by atoms with van der Waals surface area (Å²) in [5, 5.41) is 2.97. The van der Waals surface area contributed by atoms with Gasteiger partial charge in [0.05, 0.1) is 24.7 Å². The van der Waals surface area contributed by atoms with Gasteiger partial charge in [0.1, 0.15) is 17.4 Å². The van der Waals surface area contributed by atoms with E-state index in [1.165, 1.54) is 0 Å². The number of hydrogen-bond acceptors (Lipinski definition) is 4. The smallest absolute Gasteiger partial charge is 0.255 e. The fourth-order valence-electron chi connectivity index (χ4n) is 3.61. The number of nitrogens with one attached hydrogen (secondary N) is 1. The molecule has 0 unspecified atom stereocenters. The van der Waals surface area contributed by atoms with Gasteiger partial charge in [0, 0.05) is 30.2 Å². The third-order valence-corrected chi connectivity index (χ3v) is 5.41. The first kappa shape index (κ1) is 20.7. The highest BCUT2D eigenvalue weighted by Gasteiger charge is 2.14. The predicted molar refractivity (Wildman–Crippen MR) is 122 cm³/mol. The number of rotatable bonds is 8. The van der Waals surface area contributed by atoms with Gasteiger partial charge in [-0.25, -0.2) is 9.97 Å². The standard InChI is InChI=1S/C24H27N5O2/c1-4-5-13-29-22-11-8-19(26-24(30)18-6-9-20(31-3)10-7-18)15-21(22)27-23(29)16-28-14-12-25-17(28)2/h6-12,14-15H,4-5,13,16H2,1-3H3,(H,26,30). The average Bonchev–Trinajstić information content (AvgIpc) is 3.34. The minimum Gasteiger partial charge on any atom is -0.497 e. The minimum atomic E-state index is -0.165. The molecule has 4 rings (SSSR count). The number of hydrogen-bond donors (Lipinski definition) is 1. The Balaban J connectivity index is 1.61. The van der Waals surface area contributed by atoms with Crippen LogP contribution in [0.25, 0.3) is 11.0 Å². The number of unbranched alkanes of at least 4 members (excludes halogenated alkanes) is 1. The second kappa shape index (κ2) is 9.04. The quantitative estimate of drug-likeness (QED) is 0.453. The van der Waals surface area contributed by atoms with Gasteiger partial charge in [-0.1, -0.05) is 13.3 Å². The van der Waals surface area contributed by atoms with Crippen LogP contribution in [-0.4, -0.2) is 32.1 Å². The van der Waals surface area contributed by atoms with E-state index in [1.54, 1.807) is 37.6 Å². The Labute approximate surface area is 181 Å². The van der Waals surface area contributed by atoms with Crippen molar-refractivity contribution in [3.8, 4) is 5.75 Å². The van der Waals surface area contributed by atoms with Gasteiger partial charge in [0.15, 0.2) is 0 Å². The van der Waals surface area contributed by atoms with E-state index < -0.39 is 0 Å². The fourth-order valence-corrected chi connectivity index (χ4v) is 3.61. The third kappa shape index (κ3) is 4.45. The second-order valence-corrected chi connectivity index (χ2v) is 7.52. The summed E-state index contributed by atoms with van der Waals surface area (Å²) in [5.41, 5.74) is 3.24. The highest BCUT2D eigenvalue weighted by Crippen LogP contribution is 2.23. The number of ether oxygens (including phenoxy) is 1. The van der Waals surface area contributed by atoms with E-state index >= 15 is 0 Å². The van der Waals surface area contributed by atoms with Crippen LogP contribution in [0.1, 0.15) is 41.8 Å². The van der Waals surface area contributed by atoms with Crippen LogP contribution in [-0.2, 0) is 13.1 Å². The van der Waals surface area contributed by atoms with Crippen molar-refractivity contribution in [3.05, 3.63) is 72.1 Å². The van der Waals surface area contributed by atoms with E-state index in [0.717, 1.165) is 53.5 Å². The van der Waals surface area contributed by atoms with Gasteiger partial charge in [-0.2, -0.15) is 0 Å². The Morgan fingerprint density at radius 2 is 1.97 bits per heavy atom. The lowest BCUT2D eigenvalue weighted by Crippen LogP contribution is -2.11. The molecule has 0 saturated heterocycles. The Bertz CT molecular complexity index is 1190. The summed E-state index contributed by atoms with van der Waals surface area (Å²) in [4.78, 5) is 21.8. The van der Waals surface area contributed by atoms with Crippen LogP contribution in [0.15, 0.2) is 54.9 Å². The largest absolute Gasteiger partial charge is 0.497 e. The van der Waals surface area contributed by atoms with E-state index in [1.807, 2.05) is 31.3 Å². The number of aryl methyl sites for hydroxylation is 2. The fraction of sp³-hybridized carbons (Fsp3) is 0.292. The zero-order valence-corrected chi connectivity index (χ0v) is 18.1. The molecule has 7 heteroatoms. The number of amides is 1. The highest BCUT2D eigenvalue weighted by molar-refractivity contribution is 6.05. The summed E-state index contributed by atoms with van der Waals surface area (Å²) in [5.74, 6) is 2.50. The molecule has 4 aromatic rings. The molecule has 0 aliphatic rings. The van der Waals surface area contributed by atoms with Crippen molar-refractivity contribution in [3.63, 3.8) is 0 Å². The molecule has 1 amide bonds. The zero-order chi connectivity index (χ0) is 21.8. The molecule has 7 nitrogen and oxygen atoms in total. The summed E-state index contributed by atoms with van der Waals surface area (Å²) < 4.78 is 9.52. The van der Waals surface area contributed by atoms with Crippen molar-refractivity contribution in [1.82, 2.24) is 19.1 Å². The maximum atomic E-state index is 12.6. The van der Waals surface area contributed by atoms with Crippen LogP contribution in [0, 0.1) is 6.92 Å². The lowest BCUT2D eigenvalue weighted by atomic mass is 10.2. The van der Waals surface area contributed by atoms with Crippen molar-refractivity contribution < 1.29 is 9.53 Å². The number of imidazole rings is 2. The van der Waals surface area contributed by atoms with Crippen LogP contribution < -0.4 is 10.1 Å². The maximum Gasteiger partial charge on any atom is 0.255 e. The van der Waals surface area contributed by atoms with Crippen LogP contribution in [0.2, 0.25) is 0 Å². The van der Waals surface area contributed by atoms with E-state index in [9.17, 15) is 4.79 Å². The number of anilines is 1. The second-order valence-electron chi connectivity index (χ2n) is 7.52. The topological polar surface area (TPSA) is 74.0 Å². The number of benzene rings is 2. The molecule has 0 spiro atoms. The molecule has 160 valence electrons. The first-order valence-electron chi connectivity index (χ1n) is 10.5. The SMILES string of the molecule is CCCCn1c(Cn2ccnc2C)nc2cc(NC(=O)c3ccc(OC)cc3)ccc21. The van der Waals surface area contributed by atoms with Gasteiger partial charge < -0.3 is 19.2 Å². The van der Waals surface area contributed by atoms with E-state index in [-0.39, 0.29) is 5.91 Å².